The van der Waals surface area contributed by atoms with Gasteiger partial charge in [0.1, 0.15) is 29.7 Å². The molecule has 0 saturated carbocycles. The normalized spacial score (nSPS) is 14.5. The molecule has 1 aliphatic heterocycles. The summed E-state index contributed by atoms with van der Waals surface area (Å²) in [6.45, 7) is 1.51. The Morgan fingerprint density at radius 1 is 1.09 bits per heavy atom. The van der Waals surface area contributed by atoms with Crippen LogP contribution in [0.1, 0.15) is 40.6 Å². The van der Waals surface area contributed by atoms with Crippen LogP contribution in [-0.4, -0.2) is 36.0 Å². The lowest BCUT2D eigenvalue weighted by Crippen LogP contribution is -2.37. The number of fused-ring (bicyclic) bond motifs is 1. The number of hydrogen-bond donors (Lipinski definition) is 1. The molecule has 6 nitrogen and oxygen atoms in total. The van der Waals surface area contributed by atoms with Crippen molar-refractivity contribution < 1.29 is 23.1 Å². The maximum absolute atomic E-state index is 13.0. The third-order valence-electron chi connectivity index (χ3n) is 6.21. The lowest BCUT2D eigenvalue weighted by atomic mass is 9.89. The second kappa shape index (κ2) is 9.02. The second-order valence-electron chi connectivity index (χ2n) is 8.23. The Bertz CT molecular complexity index is 1250. The van der Waals surface area contributed by atoms with E-state index in [1.165, 1.54) is 23.1 Å². The minimum atomic E-state index is -0.318. The predicted octanol–water partition coefficient (Wildman–Crippen LogP) is 5.51. The van der Waals surface area contributed by atoms with Crippen molar-refractivity contribution in [3.63, 3.8) is 0 Å². The maximum atomic E-state index is 13.0. The summed E-state index contributed by atoms with van der Waals surface area (Å²) in [6, 6.07) is 15.3. The number of carbonyl (C=O) groups is 1. The van der Waals surface area contributed by atoms with Gasteiger partial charge in [-0.15, -0.1) is 0 Å². The first-order valence-electron chi connectivity index (χ1n) is 11.0. The maximum Gasteiger partial charge on any atom is 0.289 e. The standard InChI is InChI=1S/C26H25FN2O4/c1-31-20-6-8-24-22(14-20)23(15-28-24)17-10-12-29(13-11-17)26(30)25-9-7-21(33-25)16-32-19-4-2-18(27)3-5-19/h2-9,14-15,17,28H,10-13,16H2,1H3. The van der Waals surface area contributed by atoms with Gasteiger partial charge in [-0.2, -0.15) is 0 Å². The summed E-state index contributed by atoms with van der Waals surface area (Å²) in [6.07, 6.45) is 3.85. The topological polar surface area (TPSA) is 67.7 Å². The van der Waals surface area contributed by atoms with Crippen LogP contribution in [0.25, 0.3) is 10.9 Å². The fraction of sp³-hybridized carbons (Fsp3) is 0.269. The van der Waals surface area contributed by atoms with Crippen molar-refractivity contribution >= 4 is 16.8 Å². The molecule has 2 aromatic heterocycles. The van der Waals surface area contributed by atoms with Gasteiger partial charge < -0.3 is 23.8 Å². The van der Waals surface area contributed by atoms with Crippen molar-refractivity contribution in [1.29, 1.82) is 0 Å². The smallest absolute Gasteiger partial charge is 0.289 e. The van der Waals surface area contributed by atoms with Gasteiger partial charge in [-0.3, -0.25) is 4.79 Å². The van der Waals surface area contributed by atoms with E-state index in [2.05, 4.69) is 17.2 Å². The summed E-state index contributed by atoms with van der Waals surface area (Å²) >= 11 is 0. The number of nitrogens with one attached hydrogen (secondary N) is 1. The van der Waals surface area contributed by atoms with Crippen molar-refractivity contribution in [2.24, 2.45) is 0 Å². The number of likely N-dealkylation sites (tertiary alicyclic amines) is 1. The number of furan rings is 1. The Hall–Kier alpha value is -3.74. The number of halogens is 1. The lowest BCUT2D eigenvalue weighted by molar-refractivity contribution is 0.0677. The van der Waals surface area contributed by atoms with Crippen LogP contribution in [0.15, 0.2) is 65.2 Å². The van der Waals surface area contributed by atoms with Crippen molar-refractivity contribution in [2.75, 3.05) is 20.2 Å². The molecule has 7 heteroatoms. The van der Waals surface area contributed by atoms with Crippen LogP contribution in [-0.2, 0) is 6.61 Å². The minimum Gasteiger partial charge on any atom is -0.497 e. The van der Waals surface area contributed by atoms with Gasteiger partial charge in [0.05, 0.1) is 7.11 Å². The molecule has 1 aliphatic rings. The van der Waals surface area contributed by atoms with Crippen LogP contribution in [0.5, 0.6) is 11.5 Å². The Kier molecular flexibility index (Phi) is 5.77. The number of aromatic nitrogens is 1. The largest absolute Gasteiger partial charge is 0.497 e. The van der Waals surface area contributed by atoms with E-state index in [0.29, 0.717) is 36.3 Å². The van der Waals surface area contributed by atoms with Gasteiger partial charge in [-0.05, 0) is 78.9 Å². The van der Waals surface area contributed by atoms with Crippen LogP contribution in [0.3, 0.4) is 0 Å². The number of carbonyl (C=O) groups excluding carboxylic acids is 1. The quantitative estimate of drug-likeness (QED) is 0.423. The molecule has 3 heterocycles. The first-order valence-corrected chi connectivity index (χ1v) is 11.0. The minimum absolute atomic E-state index is 0.109. The number of amides is 1. The highest BCUT2D eigenvalue weighted by atomic mass is 19.1. The molecule has 0 aliphatic carbocycles. The first kappa shape index (κ1) is 21.1. The molecule has 0 unspecified atom stereocenters. The summed E-state index contributed by atoms with van der Waals surface area (Å²) in [5.74, 6) is 2.19. The van der Waals surface area contributed by atoms with Gasteiger partial charge in [0.25, 0.3) is 5.91 Å². The van der Waals surface area contributed by atoms with Crippen molar-refractivity contribution in [1.82, 2.24) is 9.88 Å². The Balaban J connectivity index is 1.19. The van der Waals surface area contributed by atoms with Gasteiger partial charge in [0.2, 0.25) is 0 Å². The second-order valence-corrected chi connectivity index (χ2v) is 8.23. The SMILES string of the molecule is COc1ccc2[nH]cc(C3CCN(C(=O)c4ccc(COc5ccc(F)cc5)o4)CC3)c2c1. The van der Waals surface area contributed by atoms with E-state index in [-0.39, 0.29) is 18.3 Å². The van der Waals surface area contributed by atoms with Crippen molar-refractivity contribution in [2.45, 2.75) is 25.4 Å². The van der Waals surface area contributed by atoms with Gasteiger partial charge in [0.15, 0.2) is 5.76 Å². The number of aromatic amines is 1. The summed E-state index contributed by atoms with van der Waals surface area (Å²) in [4.78, 5) is 18.1. The molecular weight excluding hydrogens is 423 g/mol. The summed E-state index contributed by atoms with van der Waals surface area (Å²) in [5.41, 5.74) is 2.37. The zero-order chi connectivity index (χ0) is 22.8. The fourth-order valence-corrected chi connectivity index (χ4v) is 4.39. The number of ether oxygens (including phenoxy) is 2. The Morgan fingerprint density at radius 2 is 1.85 bits per heavy atom. The van der Waals surface area contributed by atoms with E-state index in [4.69, 9.17) is 13.9 Å². The molecule has 1 fully saturated rings. The zero-order valence-electron chi connectivity index (χ0n) is 18.3. The molecule has 2 aromatic carbocycles. The molecule has 0 bridgehead atoms. The van der Waals surface area contributed by atoms with Gasteiger partial charge in [-0.25, -0.2) is 4.39 Å². The fourth-order valence-electron chi connectivity index (χ4n) is 4.39. The average molecular weight is 448 g/mol. The Morgan fingerprint density at radius 3 is 2.61 bits per heavy atom. The van der Waals surface area contributed by atoms with Gasteiger partial charge in [0, 0.05) is 30.2 Å². The molecule has 4 aromatic rings. The summed E-state index contributed by atoms with van der Waals surface area (Å²) < 4.78 is 29.7. The van der Waals surface area contributed by atoms with Crippen LogP contribution in [0.2, 0.25) is 0 Å². The van der Waals surface area contributed by atoms with Crippen LogP contribution in [0, 0.1) is 5.82 Å². The van der Waals surface area contributed by atoms with E-state index in [1.807, 2.05) is 17.0 Å². The van der Waals surface area contributed by atoms with E-state index in [0.717, 1.165) is 24.1 Å². The van der Waals surface area contributed by atoms with Crippen LogP contribution >= 0.6 is 0 Å². The molecule has 5 rings (SSSR count). The monoisotopic (exact) mass is 448 g/mol. The van der Waals surface area contributed by atoms with E-state index < -0.39 is 0 Å². The van der Waals surface area contributed by atoms with E-state index >= 15 is 0 Å². The Labute approximate surface area is 190 Å². The number of H-pyrrole nitrogens is 1. The van der Waals surface area contributed by atoms with E-state index in [9.17, 15) is 9.18 Å². The number of nitrogens with zero attached hydrogens (tertiary/aromatic N) is 1. The molecule has 0 atom stereocenters. The van der Waals surface area contributed by atoms with Gasteiger partial charge >= 0.3 is 0 Å². The molecule has 33 heavy (non-hydrogen) atoms. The number of rotatable bonds is 6. The van der Waals surface area contributed by atoms with Crippen molar-refractivity contribution in [3.8, 4) is 11.5 Å². The molecule has 1 N–H and O–H groups in total. The summed E-state index contributed by atoms with van der Waals surface area (Å²) in [5, 5.41) is 1.18. The lowest BCUT2D eigenvalue weighted by Gasteiger charge is -2.31. The highest BCUT2D eigenvalue weighted by Gasteiger charge is 2.27. The molecule has 1 amide bonds. The molecule has 1 saturated heterocycles. The van der Waals surface area contributed by atoms with E-state index in [1.54, 1.807) is 31.4 Å². The number of piperidine rings is 1. The molecular formula is C26H25FN2O4. The molecule has 0 spiro atoms. The van der Waals surface area contributed by atoms with Crippen molar-refractivity contribution in [3.05, 3.63) is 83.7 Å². The third-order valence-corrected chi connectivity index (χ3v) is 6.21. The zero-order valence-corrected chi connectivity index (χ0v) is 18.3. The highest BCUT2D eigenvalue weighted by molar-refractivity contribution is 5.91. The first-order chi connectivity index (χ1) is 16.1. The average Bonchev–Trinajstić information content (AvgIpc) is 3.50. The number of methoxy groups -OCH3 is 1. The highest BCUT2D eigenvalue weighted by Crippen LogP contribution is 2.35. The van der Waals surface area contributed by atoms with Crippen LogP contribution in [0.4, 0.5) is 4.39 Å². The van der Waals surface area contributed by atoms with Gasteiger partial charge in [-0.1, -0.05) is 0 Å². The predicted molar refractivity (Wildman–Crippen MR) is 122 cm³/mol. The van der Waals surface area contributed by atoms with Crippen LogP contribution < -0.4 is 9.47 Å². The number of hydrogen-bond acceptors (Lipinski definition) is 4. The summed E-state index contributed by atoms with van der Waals surface area (Å²) in [7, 11) is 1.67. The third kappa shape index (κ3) is 4.44. The molecule has 170 valence electrons. The molecule has 0 radical (unpaired) electrons. The number of benzene rings is 2.